The number of aliphatic hydroxyl groups excluding tert-OH is 20. The molecule has 9 rings (SSSR count). The van der Waals surface area contributed by atoms with Gasteiger partial charge in [0, 0.05) is 125 Å². The fourth-order valence-electron chi connectivity index (χ4n) is 15.6. The quantitative estimate of drug-likeness (QED) is 0.0577. The maximum atomic E-state index is 11.9. The van der Waals surface area contributed by atoms with Crippen molar-refractivity contribution in [3.63, 3.8) is 0 Å². The van der Waals surface area contributed by atoms with E-state index in [-0.39, 0.29) is 148 Å². The molecule has 0 heterocycles. The van der Waals surface area contributed by atoms with Crippen LogP contribution < -0.4 is 10.6 Å². The smallest absolute Gasteiger partial charge is 0.244 e. The number of amides is 2. The van der Waals surface area contributed by atoms with E-state index in [2.05, 4.69) is 10.6 Å². The molecule has 1 aromatic carbocycles. The molecule has 0 bridgehead atoms. The van der Waals surface area contributed by atoms with Crippen molar-refractivity contribution in [1.82, 2.24) is 10.6 Å². The van der Waals surface area contributed by atoms with Crippen LogP contribution in [0.3, 0.4) is 0 Å². The summed E-state index contributed by atoms with van der Waals surface area (Å²) < 4.78 is 0. The second-order valence-electron chi connectivity index (χ2n) is 29.7. The lowest BCUT2D eigenvalue weighted by Gasteiger charge is -2.21. The third-order valence-corrected chi connectivity index (χ3v) is 22.9. The van der Waals surface area contributed by atoms with Crippen LogP contribution in [0.4, 0.5) is 0 Å². The standard InChI is InChI=1S/C18H33NO4.C17H23NO4.4C8H16O3.C7H14O2/c20-12-15-10-14(17(22)18(15)23)11-19-16(21)9-5-4-8-13-6-2-1-3-7-13;1-11-2-4-12(5-3-11)6-7-15(20)18-9-13-8-14(10-19)17(22)16(13)21;4*1-2-5-3-6(4-9)8(11)7(5)10;1-5-2-3-6(4-8)7(5)9/h13-15,17-18,20,22-23H,1-12H2,(H,19,21);2-7,13-14,16-17,19,21-22H,8-10H2,1H3,(H,18,20);4*5-11H,2-4H2,1H3;5-9H,2-4H2,1H3/b;7-6+;;;;;/t14-,15-,17-,18+;13-,14-,16-,17+;2*5-,6+,7+,8-;5-,6-,7+,8-;5-,6-,7-,8+;5-,6-,7-/m1100011/s1. The second kappa shape index (κ2) is 47.5. The molecule has 8 saturated carbocycles. The number of benzene rings is 1. The van der Waals surface area contributed by atoms with Crippen molar-refractivity contribution in [2.24, 2.45) is 88.8 Å². The number of unbranched alkanes of at least 4 members (excludes halogenated alkanes) is 1. The molecule has 22 N–H and O–H groups in total. The Morgan fingerprint density at radius 3 is 0.990 bits per heavy atom. The third kappa shape index (κ3) is 27.9. The fraction of sp³-hybridized carbons (Fsp3) is 0.865. The summed E-state index contributed by atoms with van der Waals surface area (Å²) in [4.78, 5) is 23.7. The molecule has 8 aliphatic rings. The first-order chi connectivity index (χ1) is 46.7. The number of carbonyl (C=O) groups is 2. The highest BCUT2D eigenvalue weighted by Gasteiger charge is 2.45. The van der Waals surface area contributed by atoms with Gasteiger partial charge in [-0.15, -0.1) is 0 Å². The van der Waals surface area contributed by atoms with E-state index in [1.807, 2.05) is 65.8 Å². The molecule has 1 aromatic rings. The van der Waals surface area contributed by atoms with Crippen molar-refractivity contribution < 1.29 is 112 Å². The van der Waals surface area contributed by atoms with E-state index in [0.717, 1.165) is 94.1 Å². The Morgan fingerprint density at radius 1 is 0.388 bits per heavy atom. The van der Waals surface area contributed by atoms with E-state index in [1.165, 1.54) is 44.6 Å². The molecule has 24 nitrogen and oxygen atoms in total. The molecule has 24 heteroatoms. The Bertz CT molecular complexity index is 2100. The average Bonchev–Trinajstić information content (AvgIpc) is 1.74. The lowest BCUT2D eigenvalue weighted by atomic mass is 9.85. The molecule has 0 radical (unpaired) electrons. The first-order valence-electron chi connectivity index (χ1n) is 37.1. The van der Waals surface area contributed by atoms with Gasteiger partial charge in [0.1, 0.15) is 0 Å². The monoisotopic (exact) mass is 1400 g/mol. The van der Waals surface area contributed by atoms with Crippen LogP contribution in [0.2, 0.25) is 0 Å². The first-order valence-corrected chi connectivity index (χ1v) is 37.1. The van der Waals surface area contributed by atoms with Gasteiger partial charge in [-0.25, -0.2) is 0 Å². The van der Waals surface area contributed by atoms with Gasteiger partial charge in [-0.3, -0.25) is 9.59 Å². The number of rotatable bonds is 22. The minimum absolute atomic E-state index is 0.0191. The minimum Gasteiger partial charge on any atom is -0.396 e. The Morgan fingerprint density at radius 2 is 0.704 bits per heavy atom. The summed E-state index contributed by atoms with van der Waals surface area (Å²) in [5, 5.41) is 191. The van der Waals surface area contributed by atoms with Crippen molar-refractivity contribution in [2.45, 2.75) is 256 Å². The van der Waals surface area contributed by atoms with Gasteiger partial charge in [0.05, 0.1) is 79.4 Å². The van der Waals surface area contributed by atoms with E-state index in [9.17, 15) is 76.0 Å². The molecule has 2 amide bonds. The first kappa shape index (κ1) is 89.3. The van der Waals surface area contributed by atoms with Gasteiger partial charge >= 0.3 is 0 Å². The molecule has 8 fully saturated rings. The maximum absolute atomic E-state index is 11.9. The zero-order valence-electron chi connectivity index (χ0n) is 59.6. The van der Waals surface area contributed by atoms with Gasteiger partial charge in [0.2, 0.25) is 11.8 Å². The summed E-state index contributed by atoms with van der Waals surface area (Å²) in [7, 11) is 0. The van der Waals surface area contributed by atoms with Crippen molar-refractivity contribution in [1.29, 1.82) is 0 Å². The summed E-state index contributed by atoms with van der Waals surface area (Å²) in [6, 6.07) is 7.82. The highest BCUT2D eigenvalue weighted by atomic mass is 16.4. The van der Waals surface area contributed by atoms with Gasteiger partial charge in [-0.2, -0.15) is 0 Å². The van der Waals surface area contributed by atoms with Crippen LogP contribution >= 0.6 is 0 Å². The van der Waals surface area contributed by atoms with E-state index in [1.54, 1.807) is 6.08 Å². The highest BCUT2D eigenvalue weighted by Crippen LogP contribution is 2.38. The Balaban J connectivity index is 0.000000307. The third-order valence-electron chi connectivity index (χ3n) is 22.9. The van der Waals surface area contributed by atoms with Gasteiger partial charge in [0.25, 0.3) is 0 Å². The van der Waals surface area contributed by atoms with E-state index in [4.69, 9.17) is 35.7 Å². The van der Waals surface area contributed by atoms with Crippen molar-refractivity contribution in [3.05, 3.63) is 41.5 Å². The molecule has 0 aromatic heterocycles. The van der Waals surface area contributed by atoms with E-state index < -0.39 is 73.2 Å². The van der Waals surface area contributed by atoms with Crippen molar-refractivity contribution in [3.8, 4) is 0 Å². The molecule has 8 aliphatic carbocycles. The van der Waals surface area contributed by atoms with Crippen LogP contribution in [0.25, 0.3) is 6.08 Å². The number of hydrogen-bond acceptors (Lipinski definition) is 22. The molecule has 572 valence electrons. The molecule has 0 aliphatic heterocycles. The Labute approximate surface area is 583 Å². The van der Waals surface area contributed by atoms with Crippen LogP contribution in [0.5, 0.6) is 0 Å². The molecular weight excluding hydrogens is 1270 g/mol. The lowest BCUT2D eigenvalue weighted by molar-refractivity contribution is -0.121. The summed E-state index contributed by atoms with van der Waals surface area (Å²) >= 11 is 0. The van der Waals surface area contributed by atoms with Gasteiger partial charge in [-0.1, -0.05) is 135 Å². The van der Waals surface area contributed by atoms with Crippen LogP contribution in [0.1, 0.15) is 181 Å². The molecule has 0 saturated heterocycles. The zero-order valence-corrected chi connectivity index (χ0v) is 59.6. The molecular formula is C74H134N2O22. The number of hydrogen-bond donors (Lipinski definition) is 22. The second-order valence-corrected chi connectivity index (χ2v) is 29.7. The maximum Gasteiger partial charge on any atom is 0.244 e. The number of aliphatic hydroxyl groups is 20. The summed E-state index contributed by atoms with van der Waals surface area (Å²) in [6.07, 6.45) is 14.2. The van der Waals surface area contributed by atoms with Crippen LogP contribution in [0, 0.1) is 95.7 Å². The summed E-state index contributed by atoms with van der Waals surface area (Å²) in [5.74, 6) is 0.431. The van der Waals surface area contributed by atoms with Gasteiger partial charge in [-0.05, 0) is 112 Å². The summed E-state index contributed by atoms with van der Waals surface area (Å²) in [6.45, 7) is 12.4. The van der Waals surface area contributed by atoms with Crippen LogP contribution in [0.15, 0.2) is 30.3 Å². The zero-order chi connectivity index (χ0) is 73.3. The highest BCUT2D eigenvalue weighted by molar-refractivity contribution is 5.91. The van der Waals surface area contributed by atoms with Crippen molar-refractivity contribution in [2.75, 3.05) is 59.3 Å². The number of carbonyl (C=O) groups excluding carboxylic acids is 2. The van der Waals surface area contributed by atoms with Gasteiger partial charge in [0.15, 0.2) is 0 Å². The van der Waals surface area contributed by atoms with E-state index in [0.29, 0.717) is 31.7 Å². The summed E-state index contributed by atoms with van der Waals surface area (Å²) in [5.41, 5.74) is 2.10. The topological polar surface area (TPSA) is 463 Å². The minimum atomic E-state index is -0.921. The van der Waals surface area contributed by atoms with Crippen LogP contribution in [-0.2, 0) is 9.59 Å². The predicted molar refractivity (Wildman–Crippen MR) is 372 cm³/mol. The van der Waals surface area contributed by atoms with Gasteiger partial charge < -0.3 is 113 Å². The normalized spacial score (nSPS) is 38.0. The lowest BCUT2D eigenvalue weighted by Crippen LogP contribution is -2.35. The Kier molecular flexibility index (Phi) is 43.2. The molecule has 0 unspecified atom stereocenters. The van der Waals surface area contributed by atoms with E-state index >= 15 is 0 Å². The predicted octanol–water partition coefficient (Wildman–Crippen LogP) is 1.44. The average molecular weight is 1400 g/mol. The fourth-order valence-corrected chi connectivity index (χ4v) is 15.6. The largest absolute Gasteiger partial charge is 0.396 e. The number of nitrogens with one attached hydrogen (secondary N) is 2. The molecule has 27 atom stereocenters. The molecule has 0 spiro atoms. The Hall–Kier alpha value is -2.90. The SMILES string of the molecule is CC[C@@H]1C[C@H](CO)[C@H](O)[C@@H]1O.CC[C@H]1C[C@@H](CO)[C@H](O)[C@@H]1O.CC[C@H]1C[C@H](CO)[C@H](O)[C@@H]1O.CC[C@H]1C[C@H](CO)[C@H](O)[C@@H]1O.C[C@@H]1CC[C@H](CO)[C@@H]1O.Cc1ccc(/C=C/C(=O)NC[C@H]2C[C@H](CO)[C@H](O)[C@@H]2O)cc1.O=C(CCCCC1CCCCC1)NC[C@H]1C[C@H](CO)[C@H](O)[C@@H]1O. The number of aryl methyl sites for hydroxylation is 1. The van der Waals surface area contributed by atoms with Crippen molar-refractivity contribution >= 4 is 17.9 Å². The van der Waals surface area contributed by atoms with Crippen LogP contribution in [-0.4, -0.2) is 253 Å². The molecule has 98 heavy (non-hydrogen) atoms.